The van der Waals surface area contributed by atoms with Crippen LogP contribution in [0.1, 0.15) is 18.4 Å². The summed E-state index contributed by atoms with van der Waals surface area (Å²) in [6, 6.07) is 7.85. The largest absolute Gasteiger partial charge is 0.460 e. The van der Waals surface area contributed by atoms with E-state index in [9.17, 15) is 4.79 Å². The molecule has 0 radical (unpaired) electrons. The molecule has 25 heavy (non-hydrogen) atoms. The van der Waals surface area contributed by atoms with Crippen LogP contribution >= 0.6 is 34.2 Å². The quantitative estimate of drug-likeness (QED) is 0.692. The van der Waals surface area contributed by atoms with E-state index in [-0.39, 0.29) is 12.1 Å². The van der Waals surface area contributed by atoms with Crippen molar-refractivity contribution < 1.29 is 9.53 Å². The summed E-state index contributed by atoms with van der Waals surface area (Å²) in [5.74, 6) is 0. The molecule has 1 aromatic heterocycles. The first kappa shape index (κ1) is 18.2. The highest BCUT2D eigenvalue weighted by molar-refractivity contribution is 14.1. The number of nitrogens with one attached hydrogen (secondary N) is 1. The summed E-state index contributed by atoms with van der Waals surface area (Å²) < 4.78 is 6.81. The summed E-state index contributed by atoms with van der Waals surface area (Å²) >= 11 is 8.40. The van der Waals surface area contributed by atoms with Crippen molar-refractivity contribution in [1.82, 2.24) is 20.2 Å². The van der Waals surface area contributed by atoms with E-state index in [2.05, 4.69) is 37.9 Å². The van der Waals surface area contributed by atoms with Crippen molar-refractivity contribution in [3.05, 3.63) is 50.8 Å². The van der Waals surface area contributed by atoms with E-state index in [1.54, 1.807) is 23.4 Å². The van der Waals surface area contributed by atoms with Crippen LogP contribution in [-0.2, 0) is 6.54 Å². The number of carbonyl (C=O) groups excluding carboxylic acids is 1. The van der Waals surface area contributed by atoms with Crippen LogP contribution in [0.4, 0.5) is 4.79 Å². The normalized spacial score (nSPS) is 15.0. The van der Waals surface area contributed by atoms with Crippen LogP contribution in [0.5, 0.6) is 6.01 Å². The van der Waals surface area contributed by atoms with E-state index in [0.29, 0.717) is 30.7 Å². The van der Waals surface area contributed by atoms with E-state index in [1.807, 2.05) is 18.2 Å². The molecule has 0 saturated carbocycles. The molecule has 0 atom stereocenters. The Morgan fingerprint density at radius 2 is 2.04 bits per heavy atom. The second kappa shape index (κ2) is 8.66. The van der Waals surface area contributed by atoms with Crippen LogP contribution in [-0.4, -0.2) is 40.1 Å². The first-order chi connectivity index (χ1) is 12.1. The van der Waals surface area contributed by atoms with Gasteiger partial charge in [-0.25, -0.2) is 14.8 Å². The molecule has 1 aromatic carbocycles. The Kier molecular flexibility index (Phi) is 6.30. The van der Waals surface area contributed by atoms with E-state index >= 15 is 0 Å². The molecule has 132 valence electrons. The van der Waals surface area contributed by atoms with Crippen molar-refractivity contribution >= 4 is 40.2 Å². The second-order valence-electron chi connectivity index (χ2n) is 5.73. The van der Waals surface area contributed by atoms with Crippen LogP contribution in [0.25, 0.3) is 0 Å². The maximum absolute atomic E-state index is 12.3. The number of hydrogen-bond acceptors (Lipinski definition) is 4. The molecule has 2 heterocycles. The maximum atomic E-state index is 12.3. The van der Waals surface area contributed by atoms with E-state index in [4.69, 9.17) is 16.3 Å². The number of ether oxygens (including phenoxy) is 1. The number of aromatic nitrogens is 2. The Bertz CT molecular complexity index is 724. The van der Waals surface area contributed by atoms with Gasteiger partial charge < -0.3 is 15.0 Å². The summed E-state index contributed by atoms with van der Waals surface area (Å²) in [7, 11) is 0. The molecule has 0 unspecified atom stereocenters. The van der Waals surface area contributed by atoms with Crippen molar-refractivity contribution in [3.63, 3.8) is 0 Å². The molecule has 0 spiro atoms. The number of likely N-dealkylation sites (tertiary alicyclic amines) is 1. The van der Waals surface area contributed by atoms with E-state index < -0.39 is 0 Å². The van der Waals surface area contributed by atoms with Gasteiger partial charge in [-0.3, -0.25) is 0 Å². The third-order valence-corrected chi connectivity index (χ3v) is 5.01. The number of benzene rings is 1. The highest BCUT2D eigenvalue weighted by Gasteiger charge is 2.24. The van der Waals surface area contributed by atoms with Gasteiger partial charge in [0.2, 0.25) is 0 Å². The minimum absolute atomic E-state index is 0.0390. The molecule has 1 saturated heterocycles. The fourth-order valence-electron chi connectivity index (χ4n) is 2.62. The zero-order valence-electron chi connectivity index (χ0n) is 13.5. The van der Waals surface area contributed by atoms with Crippen molar-refractivity contribution in [2.24, 2.45) is 0 Å². The predicted molar refractivity (Wildman–Crippen MR) is 104 cm³/mol. The summed E-state index contributed by atoms with van der Waals surface area (Å²) in [6.45, 7) is 1.70. The first-order valence-electron chi connectivity index (χ1n) is 8.02. The molecule has 2 amide bonds. The lowest BCUT2D eigenvalue weighted by Gasteiger charge is -2.31. The lowest BCUT2D eigenvalue weighted by molar-refractivity contribution is 0.103. The SMILES string of the molecule is O=C(NCc1ccc(I)cc1Cl)N1CCC(Oc2ncccn2)CC1. The van der Waals surface area contributed by atoms with Gasteiger partial charge in [0.15, 0.2) is 0 Å². The monoisotopic (exact) mass is 472 g/mol. The summed E-state index contributed by atoms with van der Waals surface area (Å²) in [4.78, 5) is 22.2. The van der Waals surface area contributed by atoms with Crippen LogP contribution < -0.4 is 10.1 Å². The number of hydrogen-bond donors (Lipinski definition) is 1. The van der Waals surface area contributed by atoms with Gasteiger partial charge in [0.1, 0.15) is 6.10 Å². The zero-order chi connectivity index (χ0) is 17.6. The Hall–Kier alpha value is -1.61. The Labute approximate surface area is 165 Å². The first-order valence-corrected chi connectivity index (χ1v) is 9.48. The van der Waals surface area contributed by atoms with Gasteiger partial charge in [-0.2, -0.15) is 0 Å². The summed E-state index contributed by atoms with van der Waals surface area (Å²) in [5, 5.41) is 3.60. The van der Waals surface area contributed by atoms with Crippen molar-refractivity contribution in [2.75, 3.05) is 13.1 Å². The molecular weight excluding hydrogens is 455 g/mol. The molecule has 0 bridgehead atoms. The second-order valence-corrected chi connectivity index (χ2v) is 7.38. The number of rotatable bonds is 4. The van der Waals surface area contributed by atoms with Gasteiger partial charge in [0, 0.05) is 53.5 Å². The van der Waals surface area contributed by atoms with Gasteiger partial charge in [0.25, 0.3) is 0 Å². The highest BCUT2D eigenvalue weighted by atomic mass is 127. The molecule has 1 aliphatic rings. The van der Waals surface area contributed by atoms with Crippen LogP contribution in [0.3, 0.4) is 0 Å². The number of nitrogens with zero attached hydrogens (tertiary/aromatic N) is 3. The molecule has 1 N–H and O–H groups in total. The van der Waals surface area contributed by atoms with Crippen LogP contribution in [0.15, 0.2) is 36.7 Å². The molecule has 0 aliphatic carbocycles. The topological polar surface area (TPSA) is 67.4 Å². The maximum Gasteiger partial charge on any atom is 0.317 e. The third-order valence-electron chi connectivity index (χ3n) is 3.99. The summed E-state index contributed by atoms with van der Waals surface area (Å²) in [6.07, 6.45) is 4.87. The van der Waals surface area contributed by atoms with Gasteiger partial charge in [-0.15, -0.1) is 0 Å². The minimum Gasteiger partial charge on any atom is -0.460 e. The number of amides is 2. The lowest BCUT2D eigenvalue weighted by Crippen LogP contribution is -2.46. The average Bonchev–Trinajstić information content (AvgIpc) is 2.62. The van der Waals surface area contributed by atoms with Crippen molar-refractivity contribution in [2.45, 2.75) is 25.5 Å². The smallest absolute Gasteiger partial charge is 0.317 e. The molecule has 1 fully saturated rings. The molecule has 2 aromatic rings. The summed E-state index contributed by atoms with van der Waals surface area (Å²) in [5.41, 5.74) is 0.912. The predicted octanol–water partition coefficient (Wildman–Crippen LogP) is 3.49. The molecule has 3 rings (SSSR count). The zero-order valence-corrected chi connectivity index (χ0v) is 16.4. The van der Waals surface area contributed by atoms with Gasteiger partial charge in [-0.05, 0) is 46.4 Å². The van der Waals surface area contributed by atoms with Crippen molar-refractivity contribution in [1.29, 1.82) is 0 Å². The fourth-order valence-corrected chi connectivity index (χ4v) is 3.54. The Morgan fingerprint density at radius 1 is 1.32 bits per heavy atom. The van der Waals surface area contributed by atoms with Gasteiger partial charge >= 0.3 is 12.0 Å². The number of halogens is 2. The van der Waals surface area contributed by atoms with Gasteiger partial charge in [0.05, 0.1) is 0 Å². The molecular formula is C17H18ClIN4O2. The number of urea groups is 1. The number of carbonyl (C=O) groups is 1. The minimum atomic E-state index is -0.0796. The number of piperidine rings is 1. The third kappa shape index (κ3) is 5.18. The van der Waals surface area contributed by atoms with E-state index in [1.165, 1.54) is 0 Å². The fraction of sp³-hybridized carbons (Fsp3) is 0.353. The Morgan fingerprint density at radius 3 is 2.72 bits per heavy atom. The average molecular weight is 473 g/mol. The Balaban J connectivity index is 1.45. The van der Waals surface area contributed by atoms with Crippen molar-refractivity contribution in [3.8, 4) is 6.01 Å². The molecule has 1 aliphatic heterocycles. The molecule has 6 nitrogen and oxygen atoms in total. The highest BCUT2D eigenvalue weighted by Crippen LogP contribution is 2.19. The lowest BCUT2D eigenvalue weighted by atomic mass is 10.1. The standard InChI is InChI=1S/C17H18ClIN4O2/c18-15-10-13(19)3-2-12(15)11-22-17(24)23-8-4-14(5-9-23)25-16-20-6-1-7-21-16/h1-3,6-7,10,14H,4-5,8-9,11H2,(H,22,24). The van der Waals surface area contributed by atoms with E-state index in [0.717, 1.165) is 22.0 Å². The van der Waals surface area contributed by atoms with Crippen LogP contribution in [0, 0.1) is 3.57 Å². The molecule has 8 heteroatoms. The van der Waals surface area contributed by atoms with Gasteiger partial charge in [-0.1, -0.05) is 17.7 Å². The van der Waals surface area contributed by atoms with Crippen LogP contribution in [0.2, 0.25) is 5.02 Å².